The maximum Gasteiger partial charge on any atom is 0.416 e. The molecule has 2 nitrogen and oxygen atoms in total. The molecular weight excluding hydrogens is 263 g/mol. The van der Waals surface area contributed by atoms with Crippen LogP contribution in [0, 0.1) is 0 Å². The number of halogens is 3. The summed E-state index contributed by atoms with van der Waals surface area (Å²) in [5.41, 5.74) is 0.389. The van der Waals surface area contributed by atoms with Crippen LogP contribution >= 0.6 is 12.2 Å². The second kappa shape index (κ2) is 4.43. The van der Waals surface area contributed by atoms with Crippen LogP contribution in [-0.2, 0) is 10.4 Å². The van der Waals surface area contributed by atoms with Crippen LogP contribution in [0.3, 0.4) is 0 Å². The summed E-state index contributed by atoms with van der Waals surface area (Å²) in [4.78, 5) is 0. The van der Waals surface area contributed by atoms with Crippen LogP contribution < -0.4 is 0 Å². The van der Waals surface area contributed by atoms with E-state index >= 15 is 0 Å². The van der Waals surface area contributed by atoms with Gasteiger partial charge in [0.1, 0.15) is 0 Å². The lowest BCUT2D eigenvalue weighted by molar-refractivity contribution is -0.137. The van der Waals surface area contributed by atoms with Crippen molar-refractivity contribution in [1.82, 2.24) is 4.31 Å². The molecule has 0 amide bonds. The summed E-state index contributed by atoms with van der Waals surface area (Å²) in [5, 5.41) is 0. The molecule has 0 spiro atoms. The van der Waals surface area contributed by atoms with E-state index in [0.717, 1.165) is 18.5 Å². The van der Waals surface area contributed by atoms with Crippen molar-refractivity contribution >= 4 is 12.2 Å². The first-order valence-electron chi connectivity index (χ1n) is 5.79. The van der Waals surface area contributed by atoms with E-state index in [1.165, 1.54) is 24.4 Å². The van der Waals surface area contributed by atoms with E-state index in [1.54, 1.807) is 12.1 Å². The first kappa shape index (κ1) is 12.3. The molecule has 2 saturated heterocycles. The van der Waals surface area contributed by atoms with Crippen molar-refractivity contribution < 1.29 is 17.4 Å². The Morgan fingerprint density at radius 2 is 1.94 bits per heavy atom. The zero-order chi connectivity index (χ0) is 12.8. The van der Waals surface area contributed by atoms with E-state index in [0.29, 0.717) is 12.6 Å². The van der Waals surface area contributed by atoms with Gasteiger partial charge in [-0.15, -0.1) is 0 Å². The van der Waals surface area contributed by atoms with Gasteiger partial charge in [0, 0.05) is 12.5 Å². The summed E-state index contributed by atoms with van der Waals surface area (Å²) in [6, 6.07) is 5.83. The van der Waals surface area contributed by atoms with Gasteiger partial charge in [-0.2, -0.15) is 13.2 Å². The lowest BCUT2D eigenvalue weighted by atomic mass is 9.91. The van der Waals surface area contributed by atoms with Crippen molar-refractivity contribution in [2.75, 3.05) is 13.2 Å². The third kappa shape index (κ3) is 2.13. The van der Waals surface area contributed by atoms with Crippen molar-refractivity contribution in [3.63, 3.8) is 0 Å². The highest BCUT2D eigenvalue weighted by atomic mass is 32.2. The molecule has 0 bridgehead atoms. The Morgan fingerprint density at radius 1 is 1.22 bits per heavy atom. The maximum absolute atomic E-state index is 12.5. The van der Waals surface area contributed by atoms with Crippen LogP contribution in [-0.4, -0.2) is 23.5 Å². The largest absolute Gasteiger partial charge is 0.416 e. The van der Waals surface area contributed by atoms with Gasteiger partial charge in [0.15, 0.2) is 0 Å². The zero-order valence-corrected chi connectivity index (χ0v) is 10.3. The number of hydrogen-bond acceptors (Lipinski definition) is 3. The Kier molecular flexibility index (Phi) is 3.03. The maximum atomic E-state index is 12.5. The molecule has 0 saturated carbocycles. The quantitative estimate of drug-likeness (QED) is 0.575. The van der Waals surface area contributed by atoms with Crippen LogP contribution in [0.4, 0.5) is 13.2 Å². The van der Waals surface area contributed by atoms with Gasteiger partial charge in [0.2, 0.25) is 0 Å². The number of nitrogens with zero attached hydrogens (tertiary/aromatic N) is 1. The van der Waals surface area contributed by atoms with Gasteiger partial charge < -0.3 is 0 Å². The Labute approximate surface area is 107 Å². The molecule has 0 aliphatic carbocycles. The molecule has 98 valence electrons. The minimum atomic E-state index is -4.26. The van der Waals surface area contributed by atoms with Gasteiger partial charge in [-0.25, -0.2) is 4.31 Å². The monoisotopic (exact) mass is 275 g/mol. The predicted octanol–water partition coefficient (Wildman–Crippen LogP) is 3.46. The fourth-order valence-corrected chi connectivity index (χ4v) is 3.43. The molecular formula is C12H12F3NOS. The van der Waals surface area contributed by atoms with Gasteiger partial charge in [-0.05, 0) is 24.1 Å². The summed E-state index contributed by atoms with van der Waals surface area (Å²) in [6.07, 6.45) is -3.28. The number of hydrogen-bond donors (Lipinski definition) is 0. The van der Waals surface area contributed by atoms with Crippen LogP contribution in [0.2, 0.25) is 0 Å². The van der Waals surface area contributed by atoms with E-state index in [1.807, 2.05) is 0 Å². The predicted molar refractivity (Wildman–Crippen MR) is 62.8 cm³/mol. The smallest absolute Gasteiger partial charge is 0.299 e. The fraction of sp³-hybridized carbons (Fsp3) is 0.500. The first-order valence-corrected chi connectivity index (χ1v) is 6.49. The molecule has 2 fully saturated rings. The third-order valence-corrected chi connectivity index (χ3v) is 4.43. The van der Waals surface area contributed by atoms with E-state index in [9.17, 15) is 13.2 Å². The van der Waals surface area contributed by atoms with Crippen molar-refractivity contribution in [2.45, 2.75) is 24.6 Å². The van der Waals surface area contributed by atoms with E-state index < -0.39 is 11.7 Å². The molecule has 1 aromatic carbocycles. The molecule has 2 aliphatic rings. The molecule has 0 N–H and O–H groups in total. The SMILES string of the molecule is FC(F)(F)c1ccc([C@@H]2CCN3SOC[C@H]23)cc1. The molecule has 6 heteroatoms. The second-order valence-electron chi connectivity index (χ2n) is 4.58. The van der Waals surface area contributed by atoms with Crippen molar-refractivity contribution in [2.24, 2.45) is 0 Å². The lowest BCUT2D eigenvalue weighted by Gasteiger charge is -2.18. The van der Waals surface area contributed by atoms with E-state index in [2.05, 4.69) is 4.31 Å². The Hall–Kier alpha value is -0.720. The summed E-state index contributed by atoms with van der Waals surface area (Å²) < 4.78 is 44.9. The van der Waals surface area contributed by atoms with Gasteiger partial charge in [-0.3, -0.25) is 4.18 Å². The highest BCUT2D eigenvalue weighted by molar-refractivity contribution is 7.92. The number of rotatable bonds is 1. The highest BCUT2D eigenvalue weighted by Crippen LogP contribution is 2.42. The summed E-state index contributed by atoms with van der Waals surface area (Å²) in [6.45, 7) is 1.58. The van der Waals surface area contributed by atoms with E-state index in [4.69, 9.17) is 4.18 Å². The number of benzene rings is 1. The second-order valence-corrected chi connectivity index (χ2v) is 5.44. The van der Waals surface area contributed by atoms with Gasteiger partial charge in [0.25, 0.3) is 0 Å². The lowest BCUT2D eigenvalue weighted by Crippen LogP contribution is -2.23. The first-order chi connectivity index (χ1) is 8.55. The molecule has 2 heterocycles. The van der Waals surface area contributed by atoms with Crippen LogP contribution in [0.25, 0.3) is 0 Å². The van der Waals surface area contributed by atoms with Crippen LogP contribution in [0.1, 0.15) is 23.5 Å². The van der Waals surface area contributed by atoms with Gasteiger partial charge >= 0.3 is 6.18 Å². The summed E-state index contributed by atoms with van der Waals surface area (Å²) >= 11 is 1.37. The average Bonchev–Trinajstić information content (AvgIpc) is 2.89. The van der Waals surface area contributed by atoms with Gasteiger partial charge in [-0.1, -0.05) is 12.1 Å². The number of alkyl halides is 3. The van der Waals surface area contributed by atoms with Crippen LogP contribution in [0.15, 0.2) is 24.3 Å². The van der Waals surface area contributed by atoms with Crippen molar-refractivity contribution in [3.8, 4) is 0 Å². The normalized spacial score (nSPS) is 28.6. The summed E-state index contributed by atoms with van der Waals surface area (Å²) in [7, 11) is 0. The van der Waals surface area contributed by atoms with Gasteiger partial charge in [0.05, 0.1) is 30.4 Å². The Bertz CT molecular complexity index is 434. The molecule has 3 rings (SSSR count). The molecule has 0 radical (unpaired) electrons. The van der Waals surface area contributed by atoms with Crippen molar-refractivity contribution in [1.29, 1.82) is 0 Å². The standard InChI is InChI=1S/C12H12F3NOS/c13-12(14,15)9-3-1-8(2-4-9)10-5-6-16-11(10)7-17-18-16/h1-4,10-11H,5-7H2/t10-,11+/m0/s1. The topological polar surface area (TPSA) is 12.5 Å². The average molecular weight is 275 g/mol. The molecule has 1 aromatic rings. The molecule has 0 aromatic heterocycles. The minimum Gasteiger partial charge on any atom is -0.299 e. The molecule has 0 unspecified atom stereocenters. The van der Waals surface area contributed by atoms with Crippen molar-refractivity contribution in [3.05, 3.63) is 35.4 Å². The Morgan fingerprint density at radius 3 is 2.61 bits per heavy atom. The Balaban J connectivity index is 1.81. The highest BCUT2D eigenvalue weighted by Gasteiger charge is 2.40. The van der Waals surface area contributed by atoms with E-state index in [-0.39, 0.29) is 5.92 Å². The third-order valence-electron chi connectivity index (χ3n) is 3.55. The minimum absolute atomic E-state index is 0.280. The fourth-order valence-electron chi connectivity index (χ4n) is 2.59. The van der Waals surface area contributed by atoms with Crippen LogP contribution in [0.5, 0.6) is 0 Å². The number of fused-ring (bicyclic) bond motifs is 1. The molecule has 18 heavy (non-hydrogen) atoms. The summed E-state index contributed by atoms with van der Waals surface area (Å²) in [5.74, 6) is 0.280. The molecule has 2 atom stereocenters. The zero-order valence-electron chi connectivity index (χ0n) is 9.48. The molecule has 2 aliphatic heterocycles.